The summed E-state index contributed by atoms with van der Waals surface area (Å²) < 4.78 is 16.0. The normalized spacial score (nSPS) is 12.0. The molecule has 0 spiro atoms. The van der Waals surface area contributed by atoms with Crippen molar-refractivity contribution in [2.24, 2.45) is 0 Å². The number of benzene rings is 1. The molecular weight excluding hydrogens is 355 g/mol. The predicted octanol–water partition coefficient (Wildman–Crippen LogP) is 3.80. The highest BCUT2D eigenvalue weighted by molar-refractivity contribution is 5.42. The lowest BCUT2D eigenvalue weighted by atomic mass is 10.0. The number of aryl methyl sites for hydroxylation is 2. The van der Waals surface area contributed by atoms with Crippen LogP contribution in [-0.4, -0.2) is 36.9 Å². The Morgan fingerprint density at radius 3 is 2.50 bits per heavy atom. The number of aromatic nitrogens is 3. The first-order valence-electron chi connectivity index (χ1n) is 9.38. The zero-order valence-electron chi connectivity index (χ0n) is 16.9. The lowest BCUT2D eigenvalue weighted by molar-refractivity contribution is 0.0429. The minimum atomic E-state index is -0.504. The largest absolute Gasteiger partial charge is 0.394 e. The van der Waals surface area contributed by atoms with E-state index < -0.39 is 5.54 Å². The van der Waals surface area contributed by atoms with Crippen molar-refractivity contribution in [1.29, 1.82) is 0 Å². The number of halogens is 1. The Morgan fingerprint density at radius 1 is 1.11 bits per heavy atom. The fourth-order valence-corrected chi connectivity index (χ4v) is 3.24. The van der Waals surface area contributed by atoms with E-state index in [1.807, 2.05) is 56.6 Å². The van der Waals surface area contributed by atoms with Crippen LogP contribution in [0.3, 0.4) is 0 Å². The van der Waals surface area contributed by atoms with Crippen molar-refractivity contribution in [3.63, 3.8) is 0 Å². The zero-order valence-corrected chi connectivity index (χ0v) is 16.9. The van der Waals surface area contributed by atoms with Gasteiger partial charge in [-0.25, -0.2) is 9.07 Å². The van der Waals surface area contributed by atoms with E-state index in [2.05, 4.69) is 15.0 Å². The Labute approximate surface area is 165 Å². The lowest BCUT2D eigenvalue weighted by Crippen LogP contribution is -2.46. The van der Waals surface area contributed by atoms with Gasteiger partial charge in [-0.2, -0.15) is 5.10 Å². The van der Waals surface area contributed by atoms with E-state index in [0.29, 0.717) is 13.1 Å². The number of aliphatic hydroxyl groups is 1. The Kier molecular flexibility index (Phi) is 5.91. The first-order valence-corrected chi connectivity index (χ1v) is 9.38. The SMILES string of the molecule is Cc1cc(C)n(-c2ccc(F)cc2CN(Cc2ccccn2)C(C)(C)CO)n1. The van der Waals surface area contributed by atoms with Crippen LogP contribution < -0.4 is 0 Å². The van der Waals surface area contributed by atoms with E-state index in [0.717, 1.165) is 28.3 Å². The van der Waals surface area contributed by atoms with Crippen molar-refractivity contribution in [1.82, 2.24) is 19.7 Å². The summed E-state index contributed by atoms with van der Waals surface area (Å²) >= 11 is 0. The van der Waals surface area contributed by atoms with Crippen molar-refractivity contribution >= 4 is 0 Å². The molecule has 3 rings (SSSR count). The molecular formula is C22H27FN4O. The van der Waals surface area contributed by atoms with Crippen molar-refractivity contribution in [2.45, 2.75) is 46.3 Å². The number of aliphatic hydroxyl groups excluding tert-OH is 1. The molecule has 0 bridgehead atoms. The highest BCUT2D eigenvalue weighted by Gasteiger charge is 2.27. The summed E-state index contributed by atoms with van der Waals surface area (Å²) in [6.07, 6.45) is 1.75. The number of nitrogens with zero attached hydrogens (tertiary/aromatic N) is 4. The van der Waals surface area contributed by atoms with Gasteiger partial charge >= 0.3 is 0 Å². The number of rotatable bonds is 7. The maximum Gasteiger partial charge on any atom is 0.123 e. The van der Waals surface area contributed by atoms with E-state index >= 15 is 0 Å². The molecule has 6 heteroatoms. The smallest absolute Gasteiger partial charge is 0.123 e. The Morgan fingerprint density at radius 2 is 1.89 bits per heavy atom. The number of pyridine rings is 1. The summed E-state index contributed by atoms with van der Waals surface area (Å²) in [6.45, 7) is 8.84. The molecule has 0 aliphatic heterocycles. The third-order valence-corrected chi connectivity index (χ3v) is 4.96. The van der Waals surface area contributed by atoms with E-state index in [1.165, 1.54) is 6.07 Å². The Balaban J connectivity index is 2.00. The standard InChI is InChI=1S/C22H27FN4O/c1-16-11-17(2)27(25-16)21-9-8-19(23)12-18(21)13-26(22(3,4)15-28)14-20-7-5-6-10-24-20/h5-12,28H,13-15H2,1-4H3. The number of hydrogen-bond donors (Lipinski definition) is 1. The first-order chi connectivity index (χ1) is 13.3. The van der Waals surface area contributed by atoms with Crippen molar-refractivity contribution < 1.29 is 9.50 Å². The van der Waals surface area contributed by atoms with Gasteiger partial charge in [0.2, 0.25) is 0 Å². The molecule has 148 valence electrons. The molecule has 0 saturated heterocycles. The zero-order chi connectivity index (χ0) is 20.3. The molecule has 0 amide bonds. The summed E-state index contributed by atoms with van der Waals surface area (Å²) in [4.78, 5) is 6.52. The maximum absolute atomic E-state index is 14.1. The van der Waals surface area contributed by atoms with E-state index in [9.17, 15) is 9.50 Å². The maximum atomic E-state index is 14.1. The molecule has 1 N–H and O–H groups in total. The second-order valence-corrected chi connectivity index (χ2v) is 7.76. The van der Waals surface area contributed by atoms with Crippen LogP contribution in [-0.2, 0) is 13.1 Å². The minimum absolute atomic E-state index is 0.0234. The highest BCUT2D eigenvalue weighted by Crippen LogP contribution is 2.25. The van der Waals surface area contributed by atoms with Crippen LogP contribution in [0.25, 0.3) is 5.69 Å². The fourth-order valence-electron chi connectivity index (χ4n) is 3.24. The molecule has 28 heavy (non-hydrogen) atoms. The summed E-state index contributed by atoms with van der Waals surface area (Å²) in [7, 11) is 0. The van der Waals surface area contributed by atoms with E-state index in [4.69, 9.17) is 0 Å². The van der Waals surface area contributed by atoms with Crippen molar-refractivity contribution in [2.75, 3.05) is 6.61 Å². The van der Waals surface area contributed by atoms with Crippen LogP contribution in [0.5, 0.6) is 0 Å². The molecule has 0 fully saturated rings. The van der Waals surface area contributed by atoms with Gasteiger partial charge in [-0.3, -0.25) is 9.88 Å². The van der Waals surface area contributed by atoms with Gasteiger partial charge in [0, 0.05) is 30.5 Å². The van der Waals surface area contributed by atoms with Gasteiger partial charge in [0.1, 0.15) is 5.82 Å². The predicted molar refractivity (Wildman–Crippen MR) is 108 cm³/mol. The van der Waals surface area contributed by atoms with Crippen LogP contribution in [0, 0.1) is 19.7 Å². The van der Waals surface area contributed by atoms with Gasteiger partial charge in [0.15, 0.2) is 0 Å². The van der Waals surface area contributed by atoms with Crippen LogP contribution in [0.1, 0.15) is 36.5 Å². The fraction of sp³-hybridized carbons (Fsp3) is 0.364. The third kappa shape index (κ3) is 4.46. The van der Waals surface area contributed by atoms with Gasteiger partial charge in [-0.1, -0.05) is 6.07 Å². The summed E-state index contributed by atoms with van der Waals surface area (Å²) in [6, 6.07) is 12.5. The second-order valence-electron chi connectivity index (χ2n) is 7.76. The molecule has 0 atom stereocenters. The second kappa shape index (κ2) is 8.20. The van der Waals surface area contributed by atoms with Crippen LogP contribution >= 0.6 is 0 Å². The highest BCUT2D eigenvalue weighted by atomic mass is 19.1. The Hall–Kier alpha value is -2.57. The molecule has 0 saturated carbocycles. The molecule has 1 aromatic carbocycles. The van der Waals surface area contributed by atoms with Gasteiger partial charge in [0.25, 0.3) is 0 Å². The van der Waals surface area contributed by atoms with Crippen molar-refractivity contribution in [3.05, 3.63) is 77.1 Å². The third-order valence-electron chi connectivity index (χ3n) is 4.96. The average Bonchev–Trinajstić information content (AvgIpc) is 3.00. The van der Waals surface area contributed by atoms with Crippen LogP contribution in [0.2, 0.25) is 0 Å². The van der Waals surface area contributed by atoms with Gasteiger partial charge in [-0.05, 0) is 69.7 Å². The molecule has 0 radical (unpaired) electrons. The quantitative estimate of drug-likeness (QED) is 0.675. The van der Waals surface area contributed by atoms with E-state index in [-0.39, 0.29) is 12.4 Å². The molecule has 5 nitrogen and oxygen atoms in total. The average molecular weight is 382 g/mol. The van der Waals surface area contributed by atoms with Crippen LogP contribution in [0.15, 0.2) is 48.7 Å². The molecule has 0 aliphatic rings. The molecule has 2 aromatic heterocycles. The van der Waals surface area contributed by atoms with Gasteiger partial charge in [0.05, 0.1) is 23.7 Å². The first kappa shape index (κ1) is 20.2. The molecule has 0 aliphatic carbocycles. The topological polar surface area (TPSA) is 54.2 Å². The lowest BCUT2D eigenvalue weighted by Gasteiger charge is -2.37. The van der Waals surface area contributed by atoms with Crippen LogP contribution in [0.4, 0.5) is 4.39 Å². The molecule has 0 unspecified atom stereocenters. The minimum Gasteiger partial charge on any atom is -0.394 e. The Bertz CT molecular complexity index is 937. The van der Waals surface area contributed by atoms with Gasteiger partial charge in [-0.15, -0.1) is 0 Å². The van der Waals surface area contributed by atoms with Gasteiger partial charge < -0.3 is 5.11 Å². The van der Waals surface area contributed by atoms with Crippen molar-refractivity contribution in [3.8, 4) is 5.69 Å². The van der Waals surface area contributed by atoms with E-state index in [1.54, 1.807) is 18.3 Å². The summed E-state index contributed by atoms with van der Waals surface area (Å²) in [5.74, 6) is -0.292. The molecule has 3 aromatic rings. The monoisotopic (exact) mass is 382 g/mol. The molecule has 2 heterocycles. The summed E-state index contributed by atoms with van der Waals surface area (Å²) in [5, 5.41) is 14.5. The summed E-state index contributed by atoms with van der Waals surface area (Å²) in [5.41, 5.74) is 3.94. The number of hydrogen-bond acceptors (Lipinski definition) is 4.